The molecule has 1 heterocycles. The zero-order valence-corrected chi connectivity index (χ0v) is 15.4. The molecule has 26 heavy (non-hydrogen) atoms. The van der Waals surface area contributed by atoms with Crippen molar-refractivity contribution in [3.8, 4) is 0 Å². The number of amides is 1. The molecule has 1 amide bonds. The molecule has 0 spiro atoms. The SMILES string of the molecule is CCCN(CCC)C(=O)c1ccc(Nc2ccccc2C(=O)OC)nn1. The lowest BCUT2D eigenvalue weighted by molar-refractivity contribution is 0.0601. The first-order chi connectivity index (χ1) is 12.6. The monoisotopic (exact) mass is 356 g/mol. The maximum absolute atomic E-state index is 12.5. The molecule has 0 aliphatic carbocycles. The summed E-state index contributed by atoms with van der Waals surface area (Å²) < 4.78 is 4.77. The highest BCUT2D eigenvalue weighted by Gasteiger charge is 2.17. The molecule has 7 nitrogen and oxygen atoms in total. The Kier molecular flexibility index (Phi) is 7.08. The molecule has 0 unspecified atom stereocenters. The minimum atomic E-state index is -0.442. The van der Waals surface area contributed by atoms with Crippen LogP contribution in [0.4, 0.5) is 11.5 Å². The lowest BCUT2D eigenvalue weighted by Crippen LogP contribution is -2.33. The Morgan fingerprint density at radius 3 is 2.31 bits per heavy atom. The van der Waals surface area contributed by atoms with E-state index in [1.54, 1.807) is 41.3 Å². The number of ether oxygens (including phenoxy) is 1. The van der Waals surface area contributed by atoms with E-state index in [4.69, 9.17) is 4.74 Å². The molecule has 1 aromatic carbocycles. The van der Waals surface area contributed by atoms with Crippen LogP contribution in [0.2, 0.25) is 0 Å². The van der Waals surface area contributed by atoms with Crippen LogP contribution < -0.4 is 5.32 Å². The maximum atomic E-state index is 12.5. The third-order valence-corrected chi connectivity index (χ3v) is 3.75. The molecule has 7 heteroatoms. The Morgan fingerprint density at radius 1 is 1.04 bits per heavy atom. The van der Waals surface area contributed by atoms with Crippen LogP contribution in [0.25, 0.3) is 0 Å². The van der Waals surface area contributed by atoms with Crippen molar-refractivity contribution in [3.63, 3.8) is 0 Å². The number of esters is 1. The maximum Gasteiger partial charge on any atom is 0.339 e. The number of rotatable bonds is 8. The van der Waals surface area contributed by atoms with Crippen molar-refractivity contribution >= 4 is 23.4 Å². The van der Waals surface area contributed by atoms with E-state index >= 15 is 0 Å². The average Bonchev–Trinajstić information content (AvgIpc) is 2.67. The molecule has 2 rings (SSSR count). The predicted molar refractivity (Wildman–Crippen MR) is 99.6 cm³/mol. The quantitative estimate of drug-likeness (QED) is 0.731. The topological polar surface area (TPSA) is 84.4 Å². The summed E-state index contributed by atoms with van der Waals surface area (Å²) in [5.41, 5.74) is 1.26. The number of para-hydroxylation sites is 1. The van der Waals surface area contributed by atoms with E-state index in [0.29, 0.717) is 35.9 Å². The summed E-state index contributed by atoms with van der Waals surface area (Å²) in [5, 5.41) is 11.1. The zero-order chi connectivity index (χ0) is 18.9. The Hall–Kier alpha value is -2.96. The standard InChI is InChI=1S/C19H24N4O3/c1-4-12-23(13-5-2)18(24)16-10-11-17(22-21-16)20-15-9-7-6-8-14(15)19(25)26-3/h6-11H,4-5,12-13H2,1-3H3,(H,20,22). The smallest absolute Gasteiger partial charge is 0.339 e. The van der Waals surface area contributed by atoms with Gasteiger partial charge in [-0.15, -0.1) is 10.2 Å². The lowest BCUT2D eigenvalue weighted by atomic mass is 10.2. The molecular formula is C19H24N4O3. The largest absolute Gasteiger partial charge is 0.465 e. The van der Waals surface area contributed by atoms with Gasteiger partial charge in [0.15, 0.2) is 11.5 Å². The molecule has 138 valence electrons. The van der Waals surface area contributed by atoms with Crippen LogP contribution in [0.3, 0.4) is 0 Å². The van der Waals surface area contributed by atoms with Crippen molar-refractivity contribution in [2.45, 2.75) is 26.7 Å². The molecule has 0 aliphatic rings. The number of hydrogen-bond donors (Lipinski definition) is 1. The third kappa shape index (κ3) is 4.78. The van der Waals surface area contributed by atoms with Gasteiger partial charge < -0.3 is 15.0 Å². The van der Waals surface area contributed by atoms with Crippen LogP contribution in [0.5, 0.6) is 0 Å². The van der Waals surface area contributed by atoms with E-state index in [1.165, 1.54) is 7.11 Å². The van der Waals surface area contributed by atoms with Crippen molar-refractivity contribution in [1.29, 1.82) is 0 Å². The van der Waals surface area contributed by atoms with Crippen LogP contribution in [-0.4, -0.2) is 47.2 Å². The van der Waals surface area contributed by atoms with Crippen molar-refractivity contribution in [1.82, 2.24) is 15.1 Å². The third-order valence-electron chi connectivity index (χ3n) is 3.75. The minimum absolute atomic E-state index is 0.122. The number of carbonyl (C=O) groups is 2. The molecule has 1 aromatic heterocycles. The van der Waals surface area contributed by atoms with Crippen LogP contribution >= 0.6 is 0 Å². The van der Waals surface area contributed by atoms with Crippen molar-refractivity contribution < 1.29 is 14.3 Å². The first-order valence-electron chi connectivity index (χ1n) is 8.68. The number of nitrogens with one attached hydrogen (secondary N) is 1. The molecule has 0 saturated heterocycles. The molecule has 0 fully saturated rings. The van der Waals surface area contributed by atoms with Crippen LogP contribution in [0.15, 0.2) is 36.4 Å². The highest BCUT2D eigenvalue weighted by Crippen LogP contribution is 2.20. The van der Waals surface area contributed by atoms with Gasteiger partial charge >= 0.3 is 5.97 Å². The molecule has 2 aromatic rings. The Morgan fingerprint density at radius 2 is 1.73 bits per heavy atom. The van der Waals surface area contributed by atoms with Crippen LogP contribution in [0, 0.1) is 0 Å². The van der Waals surface area contributed by atoms with E-state index < -0.39 is 5.97 Å². The van der Waals surface area contributed by atoms with Gasteiger partial charge in [-0.2, -0.15) is 0 Å². The molecule has 1 N–H and O–H groups in total. The summed E-state index contributed by atoms with van der Waals surface area (Å²) >= 11 is 0. The predicted octanol–water partition coefficient (Wildman–Crippen LogP) is 3.27. The summed E-state index contributed by atoms with van der Waals surface area (Å²) in [6, 6.07) is 10.3. The van der Waals surface area contributed by atoms with E-state index in [0.717, 1.165) is 12.8 Å². The average molecular weight is 356 g/mol. The molecule has 0 radical (unpaired) electrons. The Bertz CT molecular complexity index is 741. The van der Waals surface area contributed by atoms with Gasteiger partial charge in [0.1, 0.15) is 0 Å². The number of carbonyl (C=O) groups excluding carboxylic acids is 2. The summed E-state index contributed by atoms with van der Waals surface area (Å²) in [7, 11) is 1.33. The number of anilines is 2. The van der Waals surface area contributed by atoms with Gasteiger partial charge in [0.25, 0.3) is 5.91 Å². The van der Waals surface area contributed by atoms with Crippen LogP contribution in [0.1, 0.15) is 47.5 Å². The molecule has 0 saturated carbocycles. The highest BCUT2D eigenvalue weighted by atomic mass is 16.5. The fourth-order valence-corrected chi connectivity index (χ4v) is 2.55. The van der Waals surface area contributed by atoms with E-state index in [9.17, 15) is 9.59 Å². The van der Waals surface area contributed by atoms with E-state index in [1.807, 2.05) is 13.8 Å². The van der Waals surface area contributed by atoms with Crippen molar-refractivity contribution in [3.05, 3.63) is 47.7 Å². The second-order valence-corrected chi connectivity index (χ2v) is 5.76. The fourth-order valence-electron chi connectivity index (χ4n) is 2.55. The van der Waals surface area contributed by atoms with Crippen molar-refractivity contribution in [2.24, 2.45) is 0 Å². The van der Waals surface area contributed by atoms with Gasteiger partial charge in [0.2, 0.25) is 0 Å². The normalized spacial score (nSPS) is 10.3. The minimum Gasteiger partial charge on any atom is -0.465 e. The number of aromatic nitrogens is 2. The summed E-state index contributed by atoms with van der Waals surface area (Å²) in [6.07, 6.45) is 1.78. The lowest BCUT2D eigenvalue weighted by Gasteiger charge is -2.20. The van der Waals surface area contributed by atoms with Gasteiger partial charge in [-0.25, -0.2) is 4.79 Å². The second-order valence-electron chi connectivity index (χ2n) is 5.76. The van der Waals surface area contributed by atoms with Gasteiger partial charge in [-0.1, -0.05) is 26.0 Å². The summed E-state index contributed by atoms with van der Waals surface area (Å²) in [6.45, 7) is 5.46. The number of nitrogens with zero attached hydrogens (tertiary/aromatic N) is 3. The van der Waals surface area contributed by atoms with E-state index in [-0.39, 0.29) is 5.91 Å². The number of benzene rings is 1. The Labute approximate surface area is 153 Å². The summed E-state index contributed by atoms with van der Waals surface area (Å²) in [4.78, 5) is 26.1. The van der Waals surface area contributed by atoms with Gasteiger partial charge in [-0.3, -0.25) is 4.79 Å². The second kappa shape index (κ2) is 9.50. The molecular weight excluding hydrogens is 332 g/mol. The van der Waals surface area contributed by atoms with E-state index in [2.05, 4.69) is 15.5 Å². The fraction of sp³-hybridized carbons (Fsp3) is 0.368. The molecule has 0 atom stereocenters. The highest BCUT2D eigenvalue weighted by molar-refractivity contribution is 5.96. The first-order valence-corrected chi connectivity index (χ1v) is 8.68. The first kappa shape index (κ1) is 19.4. The van der Waals surface area contributed by atoms with Gasteiger partial charge in [0.05, 0.1) is 18.4 Å². The number of hydrogen-bond acceptors (Lipinski definition) is 6. The summed E-state index contributed by atoms with van der Waals surface area (Å²) in [5.74, 6) is -0.124. The Balaban J connectivity index is 2.15. The molecule has 0 aliphatic heterocycles. The van der Waals surface area contributed by atoms with Gasteiger partial charge in [0, 0.05) is 13.1 Å². The van der Waals surface area contributed by atoms with Crippen molar-refractivity contribution in [2.75, 3.05) is 25.5 Å². The van der Waals surface area contributed by atoms with Gasteiger partial charge in [-0.05, 0) is 37.1 Å². The zero-order valence-electron chi connectivity index (χ0n) is 15.4. The molecule has 0 bridgehead atoms. The number of methoxy groups -OCH3 is 1. The van der Waals surface area contributed by atoms with Crippen LogP contribution in [-0.2, 0) is 4.74 Å².